The Bertz CT molecular complexity index is 1090. The van der Waals surface area contributed by atoms with Crippen LogP contribution in [0, 0.1) is 12.7 Å². The fourth-order valence-electron chi connectivity index (χ4n) is 2.26. The Morgan fingerprint density at radius 2 is 1.90 bits per heavy atom. The minimum absolute atomic E-state index is 0.179. The van der Waals surface area contributed by atoms with E-state index in [1.807, 2.05) is 0 Å². The van der Waals surface area contributed by atoms with E-state index in [9.17, 15) is 22.0 Å². The molecule has 0 aliphatic carbocycles. The number of benzene rings is 1. The third-order valence-electron chi connectivity index (χ3n) is 3.66. The average Bonchev–Trinajstić information content (AvgIpc) is 3.08. The molecule has 0 N–H and O–H groups in total. The van der Waals surface area contributed by atoms with Crippen molar-refractivity contribution in [3.8, 4) is 5.88 Å². The number of nitrogens with zero attached hydrogens (tertiary/aromatic N) is 3. The molecule has 31 heavy (non-hydrogen) atoms. The number of hydrogen-bond acceptors (Lipinski definition) is 5. The Balaban J connectivity index is 0.000000248. The molecule has 0 aliphatic rings. The number of halogens is 5. The Labute approximate surface area is 174 Å². The first-order valence-corrected chi connectivity index (χ1v) is 8.82. The molecule has 164 valence electrons. The van der Waals surface area contributed by atoms with Gasteiger partial charge in [-0.05, 0) is 42.8 Å². The van der Waals surface area contributed by atoms with Crippen LogP contribution in [-0.4, -0.2) is 21.3 Å². The second kappa shape index (κ2) is 10.5. The molecular formula is C21H18F5N3O2. The summed E-state index contributed by atoms with van der Waals surface area (Å²) in [6.07, 6.45) is 1.05. The lowest BCUT2D eigenvalue weighted by Gasteiger charge is -2.05. The van der Waals surface area contributed by atoms with Gasteiger partial charge in [-0.3, -0.25) is 0 Å². The monoisotopic (exact) mass is 439 g/mol. The van der Waals surface area contributed by atoms with E-state index in [1.54, 1.807) is 31.5 Å². The van der Waals surface area contributed by atoms with Gasteiger partial charge in [0.15, 0.2) is 11.4 Å². The summed E-state index contributed by atoms with van der Waals surface area (Å²) >= 11 is 0. The molecular weight excluding hydrogens is 421 g/mol. The molecule has 3 rings (SSSR count). The molecule has 2 heterocycles. The molecule has 0 bridgehead atoms. The van der Waals surface area contributed by atoms with Gasteiger partial charge < -0.3 is 9.26 Å². The van der Waals surface area contributed by atoms with Crippen molar-refractivity contribution in [2.75, 3.05) is 0 Å². The van der Waals surface area contributed by atoms with Gasteiger partial charge in [-0.2, -0.15) is 13.2 Å². The topological polar surface area (TPSA) is 61.0 Å². The van der Waals surface area contributed by atoms with Crippen molar-refractivity contribution < 1.29 is 31.2 Å². The first kappa shape index (κ1) is 23.7. The van der Waals surface area contributed by atoms with E-state index >= 15 is 0 Å². The molecule has 0 saturated carbocycles. The van der Waals surface area contributed by atoms with E-state index in [-0.39, 0.29) is 12.4 Å². The zero-order valence-electron chi connectivity index (χ0n) is 16.6. The molecule has 1 aromatic carbocycles. The van der Waals surface area contributed by atoms with Crippen LogP contribution in [0.15, 0.2) is 71.3 Å². The summed E-state index contributed by atoms with van der Waals surface area (Å²) < 4.78 is 71.7. The first-order valence-electron chi connectivity index (χ1n) is 8.82. The fraction of sp³-hybridized carbons (Fsp3) is 0.190. The molecule has 2 aromatic heterocycles. The lowest BCUT2D eigenvalue weighted by molar-refractivity contribution is -0.0883. The zero-order valence-corrected chi connectivity index (χ0v) is 16.6. The van der Waals surface area contributed by atoms with Gasteiger partial charge in [0.25, 0.3) is 5.88 Å². The summed E-state index contributed by atoms with van der Waals surface area (Å²) in [5.74, 6) is -0.593. The smallest absolute Gasteiger partial charge is 0.416 e. The van der Waals surface area contributed by atoms with Crippen molar-refractivity contribution in [2.24, 2.45) is 0 Å². The predicted octanol–water partition coefficient (Wildman–Crippen LogP) is 6.18. The summed E-state index contributed by atoms with van der Waals surface area (Å²) in [6, 6.07) is 4.66. The number of allylic oxidation sites excluding steroid dienone is 5. The van der Waals surface area contributed by atoms with Crippen molar-refractivity contribution in [1.29, 1.82) is 0 Å². The SMILES string of the molecule is C=C(F)/C=C(\C=C/C)C(F)(F)F.Cc1cc2c(OCc3ncccn3)noc2cc1F. The Kier molecular flexibility index (Phi) is 8.00. The van der Waals surface area contributed by atoms with E-state index in [2.05, 4.69) is 21.7 Å². The second-order valence-electron chi connectivity index (χ2n) is 6.08. The van der Waals surface area contributed by atoms with Crippen LogP contribution in [0.3, 0.4) is 0 Å². The van der Waals surface area contributed by atoms with Crippen LogP contribution in [0.5, 0.6) is 5.88 Å². The molecule has 5 nitrogen and oxygen atoms in total. The van der Waals surface area contributed by atoms with Gasteiger partial charge in [0.1, 0.15) is 18.3 Å². The third kappa shape index (κ3) is 7.02. The molecule has 0 spiro atoms. The Morgan fingerprint density at radius 3 is 2.48 bits per heavy atom. The van der Waals surface area contributed by atoms with Crippen LogP contribution >= 0.6 is 0 Å². The number of aromatic nitrogens is 3. The standard InChI is InChI=1S/C13H10FN3O2.C8H8F4/c1-8-5-9-11(6-10(8)14)19-17-13(9)18-7-12-15-3-2-4-16-12;1-3-4-7(5-6(2)9)8(10,11)12/h2-6H,7H2,1H3;3-5H,2H2,1H3/b;4-3-,7-5+. The van der Waals surface area contributed by atoms with E-state index in [0.29, 0.717) is 34.3 Å². The van der Waals surface area contributed by atoms with E-state index in [4.69, 9.17) is 9.26 Å². The summed E-state index contributed by atoms with van der Waals surface area (Å²) in [5.41, 5.74) is -0.180. The van der Waals surface area contributed by atoms with E-state index < -0.39 is 17.6 Å². The summed E-state index contributed by atoms with van der Waals surface area (Å²) in [7, 11) is 0. The van der Waals surface area contributed by atoms with Crippen LogP contribution in [-0.2, 0) is 6.61 Å². The zero-order chi connectivity index (χ0) is 23.0. The lowest BCUT2D eigenvalue weighted by atomic mass is 10.2. The Hall–Kier alpha value is -3.56. The van der Waals surface area contributed by atoms with Crippen molar-refractivity contribution >= 4 is 11.0 Å². The maximum Gasteiger partial charge on any atom is 0.416 e. The number of alkyl halides is 3. The molecule has 0 amide bonds. The number of ether oxygens (including phenoxy) is 1. The molecule has 10 heteroatoms. The van der Waals surface area contributed by atoms with Gasteiger partial charge in [-0.15, -0.1) is 0 Å². The summed E-state index contributed by atoms with van der Waals surface area (Å²) in [6.45, 7) is 5.98. The van der Waals surface area contributed by atoms with Crippen LogP contribution in [0.4, 0.5) is 22.0 Å². The van der Waals surface area contributed by atoms with Crippen LogP contribution in [0.1, 0.15) is 18.3 Å². The van der Waals surface area contributed by atoms with Crippen molar-refractivity contribution in [3.63, 3.8) is 0 Å². The third-order valence-corrected chi connectivity index (χ3v) is 3.66. The highest BCUT2D eigenvalue weighted by atomic mass is 19.4. The van der Waals surface area contributed by atoms with Crippen LogP contribution in [0.25, 0.3) is 11.0 Å². The van der Waals surface area contributed by atoms with Gasteiger partial charge in [0, 0.05) is 18.5 Å². The number of hydrogen-bond donors (Lipinski definition) is 0. The van der Waals surface area contributed by atoms with Gasteiger partial charge in [-0.1, -0.05) is 18.7 Å². The molecule has 0 unspecified atom stereocenters. The molecule has 0 aliphatic heterocycles. The first-order chi connectivity index (χ1) is 14.6. The van der Waals surface area contributed by atoms with Gasteiger partial charge >= 0.3 is 6.18 Å². The number of rotatable bonds is 5. The maximum atomic E-state index is 13.4. The largest absolute Gasteiger partial charge is 0.467 e. The molecule has 3 aromatic rings. The molecule has 0 fully saturated rings. The number of fused-ring (bicyclic) bond motifs is 1. The number of aryl methyl sites for hydroxylation is 1. The summed E-state index contributed by atoms with van der Waals surface area (Å²) in [5, 5.41) is 4.41. The molecule has 0 saturated heterocycles. The van der Waals surface area contributed by atoms with E-state index in [0.717, 1.165) is 6.08 Å². The van der Waals surface area contributed by atoms with Crippen molar-refractivity contribution in [2.45, 2.75) is 26.6 Å². The average molecular weight is 439 g/mol. The lowest BCUT2D eigenvalue weighted by Crippen LogP contribution is -2.09. The van der Waals surface area contributed by atoms with Gasteiger partial charge in [0.2, 0.25) is 0 Å². The Morgan fingerprint density at radius 1 is 1.23 bits per heavy atom. The minimum Gasteiger partial charge on any atom is -0.467 e. The normalized spacial score (nSPS) is 12.0. The maximum absolute atomic E-state index is 13.4. The second-order valence-corrected chi connectivity index (χ2v) is 6.08. The van der Waals surface area contributed by atoms with Crippen LogP contribution in [0.2, 0.25) is 0 Å². The van der Waals surface area contributed by atoms with Gasteiger partial charge in [-0.25, -0.2) is 18.7 Å². The summed E-state index contributed by atoms with van der Waals surface area (Å²) in [4.78, 5) is 8.07. The fourth-order valence-corrected chi connectivity index (χ4v) is 2.26. The quantitative estimate of drug-likeness (QED) is 0.351. The predicted molar refractivity (Wildman–Crippen MR) is 104 cm³/mol. The van der Waals surface area contributed by atoms with E-state index in [1.165, 1.54) is 19.1 Å². The van der Waals surface area contributed by atoms with Gasteiger partial charge in [0.05, 0.1) is 11.0 Å². The van der Waals surface area contributed by atoms with Crippen LogP contribution < -0.4 is 4.74 Å². The molecule has 0 atom stereocenters. The molecule has 0 radical (unpaired) electrons. The minimum atomic E-state index is -4.53. The highest BCUT2D eigenvalue weighted by Gasteiger charge is 2.31. The van der Waals surface area contributed by atoms with Crippen molar-refractivity contribution in [3.05, 3.63) is 84.0 Å². The van der Waals surface area contributed by atoms with Crippen molar-refractivity contribution in [1.82, 2.24) is 15.1 Å². The highest BCUT2D eigenvalue weighted by Crippen LogP contribution is 2.28. The highest BCUT2D eigenvalue weighted by molar-refractivity contribution is 5.82.